The molecule has 1 aromatic rings. The van der Waals surface area contributed by atoms with E-state index >= 15 is 0 Å². The molecule has 3 rings (SSSR count). The minimum absolute atomic E-state index is 0.0646. The summed E-state index contributed by atoms with van der Waals surface area (Å²) in [6.45, 7) is 3.13. The Balaban J connectivity index is 1.70. The number of likely N-dealkylation sites (tertiary alicyclic amines) is 1. The summed E-state index contributed by atoms with van der Waals surface area (Å²) >= 11 is 0. The van der Waals surface area contributed by atoms with Crippen LogP contribution in [0.4, 0.5) is 0 Å². The van der Waals surface area contributed by atoms with Gasteiger partial charge in [-0.05, 0) is 25.0 Å². The Hall–Kier alpha value is -2.28. The molecule has 7 heteroatoms. The van der Waals surface area contributed by atoms with Gasteiger partial charge < -0.3 is 25.0 Å². The second-order valence-corrected chi connectivity index (χ2v) is 6.49. The van der Waals surface area contributed by atoms with Crippen molar-refractivity contribution in [3.8, 4) is 11.5 Å². The van der Waals surface area contributed by atoms with Crippen molar-refractivity contribution < 1.29 is 19.1 Å². The molecule has 2 saturated heterocycles. The van der Waals surface area contributed by atoms with E-state index in [1.165, 1.54) is 7.11 Å². The lowest BCUT2D eigenvalue weighted by molar-refractivity contribution is -0.125. The molecule has 0 spiro atoms. The van der Waals surface area contributed by atoms with Gasteiger partial charge in [0, 0.05) is 38.2 Å². The molecule has 0 saturated carbocycles. The van der Waals surface area contributed by atoms with E-state index in [1.807, 2.05) is 0 Å². The number of hydrogen-bond acceptors (Lipinski definition) is 5. The molecule has 2 aliphatic heterocycles. The van der Waals surface area contributed by atoms with E-state index in [4.69, 9.17) is 9.47 Å². The molecule has 25 heavy (non-hydrogen) atoms. The van der Waals surface area contributed by atoms with Crippen molar-refractivity contribution in [3.05, 3.63) is 23.8 Å². The van der Waals surface area contributed by atoms with Crippen LogP contribution < -0.4 is 20.1 Å². The number of hydrogen-bond donors (Lipinski definition) is 2. The van der Waals surface area contributed by atoms with Crippen LogP contribution in [0, 0.1) is 5.92 Å². The van der Waals surface area contributed by atoms with Gasteiger partial charge in [0.15, 0.2) is 0 Å². The van der Waals surface area contributed by atoms with E-state index in [0.29, 0.717) is 42.5 Å². The third kappa shape index (κ3) is 3.71. The molecule has 1 atom stereocenters. The normalized spacial score (nSPS) is 20.1. The van der Waals surface area contributed by atoms with Gasteiger partial charge >= 0.3 is 0 Å². The summed E-state index contributed by atoms with van der Waals surface area (Å²) in [5.41, 5.74) is 0.450. The minimum atomic E-state index is -0.410. The maximum atomic E-state index is 13.0. The van der Waals surface area contributed by atoms with Crippen LogP contribution in [-0.4, -0.2) is 63.2 Å². The SMILES string of the molecule is COc1ccc(C(=O)N2CCCC2C(=O)NCC2CNC2)c(OC)c1. The van der Waals surface area contributed by atoms with Gasteiger partial charge in [0.05, 0.1) is 19.8 Å². The average Bonchev–Trinajstić information content (AvgIpc) is 3.08. The molecule has 2 N–H and O–H groups in total. The Kier molecular flexibility index (Phi) is 5.43. The highest BCUT2D eigenvalue weighted by atomic mass is 16.5. The summed E-state index contributed by atoms with van der Waals surface area (Å²) in [7, 11) is 3.08. The van der Waals surface area contributed by atoms with Crippen molar-refractivity contribution >= 4 is 11.8 Å². The standard InChI is InChI=1S/C18H25N3O4/c1-24-13-5-6-14(16(8-13)25-2)18(23)21-7-3-4-15(21)17(22)20-11-12-9-19-10-12/h5-6,8,12,15,19H,3-4,7,9-11H2,1-2H3,(H,20,22). The Morgan fingerprint density at radius 1 is 1.28 bits per heavy atom. The number of nitrogens with zero attached hydrogens (tertiary/aromatic N) is 1. The maximum absolute atomic E-state index is 13.0. The molecule has 136 valence electrons. The van der Waals surface area contributed by atoms with E-state index in [0.717, 1.165) is 19.5 Å². The summed E-state index contributed by atoms with van der Waals surface area (Å²) in [6.07, 6.45) is 1.52. The predicted molar refractivity (Wildman–Crippen MR) is 93.0 cm³/mol. The zero-order chi connectivity index (χ0) is 17.8. The molecule has 2 heterocycles. The number of carbonyl (C=O) groups excluding carboxylic acids is 2. The van der Waals surface area contributed by atoms with E-state index in [1.54, 1.807) is 30.2 Å². The van der Waals surface area contributed by atoms with Crippen LogP contribution in [0.15, 0.2) is 18.2 Å². The number of ether oxygens (including phenoxy) is 2. The van der Waals surface area contributed by atoms with E-state index in [2.05, 4.69) is 10.6 Å². The first-order valence-corrected chi connectivity index (χ1v) is 8.65. The lowest BCUT2D eigenvalue weighted by Crippen LogP contribution is -2.51. The third-order valence-corrected chi connectivity index (χ3v) is 4.89. The summed E-state index contributed by atoms with van der Waals surface area (Å²) < 4.78 is 10.5. The van der Waals surface area contributed by atoms with Crippen molar-refractivity contribution in [1.29, 1.82) is 0 Å². The zero-order valence-electron chi connectivity index (χ0n) is 14.7. The molecule has 2 aliphatic rings. The Bertz CT molecular complexity index is 645. The first kappa shape index (κ1) is 17.5. The lowest BCUT2D eigenvalue weighted by atomic mass is 10.0. The van der Waals surface area contributed by atoms with Crippen LogP contribution in [0.5, 0.6) is 11.5 Å². The Labute approximate surface area is 147 Å². The predicted octanol–water partition coefficient (Wildman–Crippen LogP) is 0.644. The second-order valence-electron chi connectivity index (χ2n) is 6.49. The van der Waals surface area contributed by atoms with Crippen LogP contribution in [0.2, 0.25) is 0 Å². The number of methoxy groups -OCH3 is 2. The van der Waals surface area contributed by atoms with Crippen LogP contribution in [-0.2, 0) is 4.79 Å². The van der Waals surface area contributed by atoms with Crippen LogP contribution in [0.1, 0.15) is 23.2 Å². The van der Waals surface area contributed by atoms with Gasteiger partial charge in [-0.3, -0.25) is 9.59 Å². The minimum Gasteiger partial charge on any atom is -0.497 e. The first-order chi connectivity index (χ1) is 12.1. The van der Waals surface area contributed by atoms with Crippen LogP contribution in [0.25, 0.3) is 0 Å². The van der Waals surface area contributed by atoms with Gasteiger partial charge in [-0.25, -0.2) is 0 Å². The van der Waals surface area contributed by atoms with E-state index < -0.39 is 6.04 Å². The molecule has 1 unspecified atom stereocenters. The fraction of sp³-hybridized carbons (Fsp3) is 0.556. The summed E-state index contributed by atoms with van der Waals surface area (Å²) in [4.78, 5) is 27.1. The molecule has 0 aliphatic carbocycles. The van der Waals surface area contributed by atoms with Crippen LogP contribution in [0.3, 0.4) is 0 Å². The molecular formula is C18H25N3O4. The summed E-state index contributed by atoms with van der Waals surface area (Å²) in [5, 5.41) is 6.17. The van der Waals surface area contributed by atoms with Crippen molar-refractivity contribution in [2.45, 2.75) is 18.9 Å². The smallest absolute Gasteiger partial charge is 0.258 e. The van der Waals surface area contributed by atoms with Gasteiger partial charge in [0.2, 0.25) is 5.91 Å². The highest BCUT2D eigenvalue weighted by Gasteiger charge is 2.35. The topological polar surface area (TPSA) is 79.9 Å². The maximum Gasteiger partial charge on any atom is 0.258 e. The largest absolute Gasteiger partial charge is 0.497 e. The second kappa shape index (κ2) is 7.74. The van der Waals surface area contributed by atoms with Gasteiger partial charge in [0.25, 0.3) is 5.91 Å². The highest BCUT2D eigenvalue weighted by Crippen LogP contribution is 2.28. The number of nitrogens with one attached hydrogen (secondary N) is 2. The third-order valence-electron chi connectivity index (χ3n) is 4.89. The van der Waals surface area contributed by atoms with Gasteiger partial charge in [0.1, 0.15) is 17.5 Å². The van der Waals surface area contributed by atoms with Crippen molar-refractivity contribution in [2.24, 2.45) is 5.92 Å². The van der Waals surface area contributed by atoms with E-state index in [-0.39, 0.29) is 11.8 Å². The van der Waals surface area contributed by atoms with Gasteiger partial charge in [-0.2, -0.15) is 0 Å². The first-order valence-electron chi connectivity index (χ1n) is 8.65. The molecule has 0 aromatic heterocycles. The quantitative estimate of drug-likeness (QED) is 0.790. The lowest BCUT2D eigenvalue weighted by Gasteiger charge is -2.29. The summed E-state index contributed by atoms with van der Waals surface area (Å²) in [5.74, 6) is 1.33. The molecule has 0 radical (unpaired) electrons. The molecule has 1 aromatic carbocycles. The molecule has 7 nitrogen and oxygen atoms in total. The van der Waals surface area contributed by atoms with E-state index in [9.17, 15) is 9.59 Å². The fourth-order valence-electron chi connectivity index (χ4n) is 3.27. The molecular weight excluding hydrogens is 322 g/mol. The van der Waals surface area contributed by atoms with Crippen molar-refractivity contribution in [2.75, 3.05) is 40.4 Å². The average molecular weight is 347 g/mol. The fourth-order valence-corrected chi connectivity index (χ4v) is 3.27. The summed E-state index contributed by atoms with van der Waals surface area (Å²) in [6, 6.07) is 4.69. The monoisotopic (exact) mass is 347 g/mol. The molecule has 0 bridgehead atoms. The van der Waals surface area contributed by atoms with Crippen LogP contribution >= 0.6 is 0 Å². The Morgan fingerprint density at radius 3 is 2.72 bits per heavy atom. The number of benzene rings is 1. The van der Waals surface area contributed by atoms with Gasteiger partial charge in [-0.1, -0.05) is 0 Å². The molecule has 2 fully saturated rings. The zero-order valence-corrected chi connectivity index (χ0v) is 14.7. The number of rotatable bonds is 6. The highest BCUT2D eigenvalue weighted by molar-refractivity contribution is 6.00. The van der Waals surface area contributed by atoms with Crippen molar-refractivity contribution in [3.63, 3.8) is 0 Å². The van der Waals surface area contributed by atoms with Gasteiger partial charge in [-0.15, -0.1) is 0 Å². The molecule has 2 amide bonds. The number of amides is 2. The van der Waals surface area contributed by atoms with Crippen molar-refractivity contribution in [1.82, 2.24) is 15.5 Å². The Morgan fingerprint density at radius 2 is 2.08 bits per heavy atom. The number of carbonyl (C=O) groups is 2.